The SMILES string of the molecule is O=C(CSc1nnc(NCc2ccccc2)s1)N1CC[C@@H]2CCCC[C@@H]2C1. The summed E-state index contributed by atoms with van der Waals surface area (Å²) in [6.45, 7) is 2.63. The fourth-order valence-electron chi connectivity index (χ4n) is 4.16. The Hall–Kier alpha value is -1.60. The van der Waals surface area contributed by atoms with Crippen LogP contribution in [0.3, 0.4) is 0 Å². The maximum Gasteiger partial charge on any atom is 0.233 e. The minimum absolute atomic E-state index is 0.248. The molecule has 1 N–H and O–H groups in total. The smallest absolute Gasteiger partial charge is 0.233 e. The molecule has 0 unspecified atom stereocenters. The number of aromatic nitrogens is 2. The van der Waals surface area contributed by atoms with E-state index in [0.29, 0.717) is 5.75 Å². The molecule has 0 radical (unpaired) electrons. The van der Waals surface area contributed by atoms with Crippen molar-refractivity contribution in [1.29, 1.82) is 0 Å². The van der Waals surface area contributed by atoms with Crippen LogP contribution < -0.4 is 5.32 Å². The zero-order valence-corrected chi connectivity index (χ0v) is 17.1. The van der Waals surface area contributed by atoms with Gasteiger partial charge in [0.15, 0.2) is 4.34 Å². The first-order valence-electron chi connectivity index (χ1n) is 9.80. The fraction of sp³-hybridized carbons (Fsp3) is 0.550. The second-order valence-corrected chi connectivity index (χ2v) is 9.63. The highest BCUT2D eigenvalue weighted by atomic mass is 32.2. The van der Waals surface area contributed by atoms with Crippen LogP contribution in [-0.2, 0) is 11.3 Å². The van der Waals surface area contributed by atoms with Crippen molar-refractivity contribution in [1.82, 2.24) is 15.1 Å². The Morgan fingerprint density at radius 2 is 1.96 bits per heavy atom. The number of piperidine rings is 1. The molecule has 0 bridgehead atoms. The number of amides is 1. The van der Waals surface area contributed by atoms with E-state index in [1.165, 1.54) is 60.8 Å². The van der Waals surface area contributed by atoms with Crippen LogP contribution in [0.4, 0.5) is 5.13 Å². The maximum atomic E-state index is 12.6. The van der Waals surface area contributed by atoms with Crippen LogP contribution in [0.15, 0.2) is 34.7 Å². The predicted octanol–water partition coefficient (Wildman–Crippen LogP) is 4.28. The van der Waals surface area contributed by atoms with Gasteiger partial charge in [0.2, 0.25) is 11.0 Å². The number of benzene rings is 1. The monoisotopic (exact) mass is 402 g/mol. The van der Waals surface area contributed by atoms with Gasteiger partial charge in [-0.2, -0.15) is 0 Å². The Labute approximate surface area is 168 Å². The molecule has 1 amide bonds. The summed E-state index contributed by atoms with van der Waals surface area (Å²) in [6.07, 6.45) is 6.57. The lowest BCUT2D eigenvalue weighted by Gasteiger charge is -2.41. The van der Waals surface area contributed by atoms with E-state index in [-0.39, 0.29) is 5.91 Å². The van der Waals surface area contributed by atoms with Gasteiger partial charge in [0, 0.05) is 19.6 Å². The molecular weight excluding hydrogens is 376 g/mol. The third-order valence-electron chi connectivity index (χ3n) is 5.66. The molecule has 2 fully saturated rings. The number of thioether (sulfide) groups is 1. The van der Waals surface area contributed by atoms with Gasteiger partial charge in [-0.05, 0) is 30.2 Å². The summed E-state index contributed by atoms with van der Waals surface area (Å²) in [5.74, 6) is 2.30. The average Bonchev–Trinajstić information content (AvgIpc) is 3.19. The summed E-state index contributed by atoms with van der Waals surface area (Å²) in [7, 11) is 0. The number of anilines is 1. The Kier molecular flexibility index (Phi) is 6.29. The first-order valence-corrected chi connectivity index (χ1v) is 11.6. The fourth-order valence-corrected chi connectivity index (χ4v) is 5.81. The van der Waals surface area contributed by atoms with Crippen molar-refractivity contribution in [2.24, 2.45) is 11.8 Å². The molecule has 5 nitrogen and oxygen atoms in total. The van der Waals surface area contributed by atoms with E-state index in [4.69, 9.17) is 0 Å². The van der Waals surface area contributed by atoms with E-state index < -0.39 is 0 Å². The molecule has 1 aromatic heterocycles. The minimum atomic E-state index is 0.248. The van der Waals surface area contributed by atoms with Crippen LogP contribution in [0.25, 0.3) is 0 Å². The van der Waals surface area contributed by atoms with E-state index in [0.717, 1.165) is 40.9 Å². The van der Waals surface area contributed by atoms with Crippen LogP contribution in [0, 0.1) is 11.8 Å². The summed E-state index contributed by atoms with van der Waals surface area (Å²) in [5.41, 5.74) is 1.21. The van der Waals surface area contributed by atoms with Gasteiger partial charge in [0.05, 0.1) is 5.75 Å². The molecule has 27 heavy (non-hydrogen) atoms. The average molecular weight is 403 g/mol. The van der Waals surface area contributed by atoms with Crippen molar-refractivity contribution in [2.45, 2.75) is 43.0 Å². The zero-order chi connectivity index (χ0) is 18.5. The van der Waals surface area contributed by atoms with Crippen LogP contribution in [-0.4, -0.2) is 39.8 Å². The maximum absolute atomic E-state index is 12.6. The number of carbonyl (C=O) groups is 1. The van der Waals surface area contributed by atoms with Gasteiger partial charge in [-0.1, -0.05) is 72.7 Å². The van der Waals surface area contributed by atoms with E-state index in [1.807, 2.05) is 18.2 Å². The number of hydrogen-bond donors (Lipinski definition) is 1. The molecule has 0 spiro atoms. The summed E-state index contributed by atoms with van der Waals surface area (Å²) < 4.78 is 0.853. The van der Waals surface area contributed by atoms with Gasteiger partial charge in [0.1, 0.15) is 0 Å². The van der Waals surface area contributed by atoms with Gasteiger partial charge in [-0.3, -0.25) is 4.79 Å². The second-order valence-electron chi connectivity index (χ2n) is 7.43. The normalized spacial score (nSPS) is 22.3. The number of fused-ring (bicyclic) bond motifs is 1. The molecular formula is C20H26N4OS2. The Morgan fingerprint density at radius 1 is 1.15 bits per heavy atom. The standard InChI is InChI=1S/C20H26N4OS2/c25-18(24-11-10-16-8-4-5-9-17(16)13-24)14-26-20-23-22-19(27-20)21-12-15-6-2-1-3-7-15/h1-3,6-7,16-17H,4-5,8-14H2,(H,21,22)/t16-,17+/m0/s1. The topological polar surface area (TPSA) is 58.1 Å². The lowest BCUT2D eigenvalue weighted by atomic mass is 9.75. The van der Waals surface area contributed by atoms with Crippen LogP contribution in [0.5, 0.6) is 0 Å². The van der Waals surface area contributed by atoms with Crippen LogP contribution >= 0.6 is 23.1 Å². The highest BCUT2D eigenvalue weighted by Gasteiger charge is 2.32. The molecule has 1 aliphatic heterocycles. The minimum Gasteiger partial charge on any atom is -0.356 e. The lowest BCUT2D eigenvalue weighted by molar-refractivity contribution is -0.131. The molecule has 1 aliphatic carbocycles. The molecule has 1 aromatic carbocycles. The second kappa shape index (κ2) is 9.06. The first kappa shape index (κ1) is 18.7. The number of likely N-dealkylation sites (tertiary alicyclic amines) is 1. The number of nitrogens with one attached hydrogen (secondary N) is 1. The van der Waals surface area contributed by atoms with Crippen molar-refractivity contribution in [3.63, 3.8) is 0 Å². The summed E-state index contributed by atoms with van der Waals surface area (Å²) in [6, 6.07) is 10.2. The number of rotatable bonds is 6. The third-order valence-corrected chi connectivity index (χ3v) is 7.66. The molecule has 2 aromatic rings. The van der Waals surface area contributed by atoms with Crippen molar-refractivity contribution in [3.8, 4) is 0 Å². The van der Waals surface area contributed by atoms with E-state index in [1.54, 1.807) is 0 Å². The highest BCUT2D eigenvalue weighted by Crippen LogP contribution is 2.36. The molecule has 7 heteroatoms. The zero-order valence-electron chi connectivity index (χ0n) is 15.5. The van der Waals surface area contributed by atoms with Crippen LogP contribution in [0.1, 0.15) is 37.7 Å². The Bertz CT molecular complexity index is 751. The van der Waals surface area contributed by atoms with Gasteiger partial charge < -0.3 is 10.2 Å². The van der Waals surface area contributed by atoms with Gasteiger partial charge in [-0.25, -0.2) is 0 Å². The summed E-state index contributed by atoms with van der Waals surface area (Å²) in [5, 5.41) is 12.5. The molecule has 1 saturated heterocycles. The molecule has 4 rings (SSSR count). The summed E-state index contributed by atoms with van der Waals surface area (Å²) in [4.78, 5) is 14.7. The number of hydrogen-bond acceptors (Lipinski definition) is 6. The third kappa shape index (κ3) is 5.02. The molecule has 144 valence electrons. The highest BCUT2D eigenvalue weighted by molar-refractivity contribution is 8.01. The first-order chi connectivity index (χ1) is 13.3. The lowest BCUT2D eigenvalue weighted by Crippen LogP contribution is -2.45. The van der Waals surface area contributed by atoms with Gasteiger partial charge in [-0.15, -0.1) is 10.2 Å². The molecule has 2 atom stereocenters. The van der Waals surface area contributed by atoms with Gasteiger partial charge in [0.25, 0.3) is 0 Å². The summed E-state index contributed by atoms with van der Waals surface area (Å²) >= 11 is 3.03. The van der Waals surface area contributed by atoms with Crippen molar-refractivity contribution < 1.29 is 4.79 Å². The Balaban J connectivity index is 1.23. The largest absolute Gasteiger partial charge is 0.356 e. The number of carbonyl (C=O) groups excluding carboxylic acids is 1. The molecule has 1 saturated carbocycles. The number of nitrogens with zero attached hydrogens (tertiary/aromatic N) is 3. The predicted molar refractivity (Wildman–Crippen MR) is 111 cm³/mol. The molecule has 2 heterocycles. The van der Waals surface area contributed by atoms with E-state index in [2.05, 4.69) is 32.5 Å². The van der Waals surface area contributed by atoms with Crippen molar-refractivity contribution >= 4 is 34.1 Å². The molecule has 2 aliphatic rings. The van der Waals surface area contributed by atoms with Crippen molar-refractivity contribution in [3.05, 3.63) is 35.9 Å². The quantitative estimate of drug-likeness (QED) is 0.731. The Morgan fingerprint density at radius 3 is 2.81 bits per heavy atom. The van der Waals surface area contributed by atoms with E-state index in [9.17, 15) is 4.79 Å². The van der Waals surface area contributed by atoms with Gasteiger partial charge >= 0.3 is 0 Å². The van der Waals surface area contributed by atoms with Crippen molar-refractivity contribution in [2.75, 3.05) is 24.2 Å². The van der Waals surface area contributed by atoms with E-state index >= 15 is 0 Å². The van der Waals surface area contributed by atoms with Crippen LogP contribution in [0.2, 0.25) is 0 Å².